The number of hydrogen-bond donors (Lipinski definition) is 0. The van der Waals surface area contributed by atoms with Crippen LogP contribution in [0.4, 0.5) is 0 Å². The third kappa shape index (κ3) is 82.6. The van der Waals surface area contributed by atoms with Crippen LogP contribution in [-0.2, 0) is 39.6 Å². The molecule has 0 unspecified atom stereocenters. The average molecular weight is 549 g/mol. The maximum Gasteiger partial charge on any atom is 0 e. The quantitative estimate of drug-likeness (QED) is 0.437. The molecule has 0 rings (SSSR count). The fraction of sp³-hybridized carbons (Fsp3) is 1.00. The fourth-order valence-corrected chi connectivity index (χ4v) is 0. The molecular weight excluding hydrogens is 533 g/mol. The van der Waals surface area contributed by atoms with E-state index in [4.69, 9.17) is 0 Å². The molecule has 0 aliphatic rings. The molecule has 1 radical (unpaired) electrons. The van der Waals surface area contributed by atoms with Crippen LogP contribution in [-0.4, -0.2) is 0 Å². The third-order valence-corrected chi connectivity index (χ3v) is 0. The summed E-state index contributed by atoms with van der Waals surface area (Å²) in [6.45, 7) is 8.00. The summed E-state index contributed by atoms with van der Waals surface area (Å²) in [7, 11) is 0. The number of hydrogen-bond acceptors (Lipinski definition) is 0. The second-order valence-corrected chi connectivity index (χ2v) is 0. The molecule has 0 aromatic carbocycles. The van der Waals surface area contributed by atoms with Crippen molar-refractivity contribution in [1.29, 1.82) is 0 Å². The Labute approximate surface area is 104 Å². The zero-order valence-corrected chi connectivity index (χ0v) is 13.8. The minimum absolute atomic E-state index is 0. The molecule has 3 heteroatoms. The van der Waals surface area contributed by atoms with Crippen LogP contribution in [0.2, 0.25) is 0 Å². The Morgan fingerprint density at radius 1 is 0.750 bits per heavy atom. The Morgan fingerprint density at radius 2 is 0.750 bits per heavy atom. The van der Waals surface area contributed by atoms with Crippen LogP contribution < -0.4 is 0 Å². The van der Waals surface area contributed by atoms with Gasteiger partial charge in [0.15, 0.2) is 0 Å². The van der Waals surface area contributed by atoms with Gasteiger partial charge in [-0.3, -0.25) is 0 Å². The van der Waals surface area contributed by atoms with E-state index >= 15 is 0 Å². The first kappa shape index (κ1) is 48.0. The van der Waals surface area contributed by atoms with Gasteiger partial charge in [0, 0.05) is 70.7 Å². The molecule has 0 N–H and O–H groups in total. The standard InChI is InChI=1S/2C2H6.CH4.U.V.W/c2*1-2;;;;/h2*1-2H3;1H4;;;. The van der Waals surface area contributed by atoms with Gasteiger partial charge in [0.2, 0.25) is 0 Å². The zero-order valence-electron chi connectivity index (χ0n) is 5.36. The van der Waals surface area contributed by atoms with Crippen molar-refractivity contribution in [2.24, 2.45) is 0 Å². The maximum absolute atomic E-state index is 2.00. The van der Waals surface area contributed by atoms with E-state index in [1.54, 1.807) is 0 Å². The smallest absolute Gasteiger partial charge is 0 e. The summed E-state index contributed by atoms with van der Waals surface area (Å²) in [4.78, 5) is 0. The van der Waals surface area contributed by atoms with Crippen molar-refractivity contribution in [1.82, 2.24) is 0 Å². The monoisotopic (exact) mass is 549 g/mol. The fourth-order valence-electron chi connectivity index (χ4n) is 0. The van der Waals surface area contributed by atoms with Crippen LogP contribution in [0.25, 0.3) is 0 Å². The van der Waals surface area contributed by atoms with Crippen molar-refractivity contribution < 1.29 is 70.7 Å². The van der Waals surface area contributed by atoms with E-state index in [9.17, 15) is 0 Å². The molecule has 0 aromatic rings. The maximum atomic E-state index is 2.00. The van der Waals surface area contributed by atoms with Crippen LogP contribution >= 0.6 is 0 Å². The number of rotatable bonds is 0. The van der Waals surface area contributed by atoms with Crippen LogP contribution in [0.15, 0.2) is 0 Å². The van der Waals surface area contributed by atoms with Gasteiger partial charge in [0.05, 0.1) is 0 Å². The Kier molecular flexibility index (Phi) is 717. The van der Waals surface area contributed by atoms with Gasteiger partial charge in [-0.25, -0.2) is 0 Å². The third-order valence-electron chi connectivity index (χ3n) is 0. The molecule has 0 aliphatic carbocycles. The van der Waals surface area contributed by atoms with Crippen molar-refractivity contribution in [3.05, 3.63) is 0 Å². The van der Waals surface area contributed by atoms with Gasteiger partial charge in [-0.1, -0.05) is 35.1 Å². The summed E-state index contributed by atoms with van der Waals surface area (Å²) >= 11 is 0. The van der Waals surface area contributed by atoms with Gasteiger partial charge in [0.1, 0.15) is 0 Å². The second-order valence-electron chi connectivity index (χ2n) is 0. The molecule has 0 fully saturated rings. The SMILES string of the molecule is C.CC.CC.[U].[V].[W]. The minimum atomic E-state index is 0. The van der Waals surface area contributed by atoms with Crippen molar-refractivity contribution in [3.8, 4) is 0 Å². The van der Waals surface area contributed by atoms with Crippen LogP contribution in [0.3, 0.4) is 0 Å². The summed E-state index contributed by atoms with van der Waals surface area (Å²) in [6.07, 6.45) is 0. The van der Waals surface area contributed by atoms with Crippen molar-refractivity contribution in [2.75, 3.05) is 0 Å². The Balaban J connectivity index is -0.00000000167. The van der Waals surface area contributed by atoms with E-state index in [1.807, 2.05) is 27.7 Å². The van der Waals surface area contributed by atoms with Crippen LogP contribution in [0, 0.1) is 31.1 Å². The van der Waals surface area contributed by atoms with Gasteiger partial charge in [0.25, 0.3) is 0 Å². The second kappa shape index (κ2) is 120. The molecule has 0 atom stereocenters. The summed E-state index contributed by atoms with van der Waals surface area (Å²) in [5, 5.41) is 0. The first-order chi connectivity index (χ1) is 2.00. The van der Waals surface area contributed by atoms with Crippen LogP contribution in [0.1, 0.15) is 35.1 Å². The Hall–Kier alpha value is 2.32. The Morgan fingerprint density at radius 3 is 0.750 bits per heavy atom. The van der Waals surface area contributed by atoms with Gasteiger partial charge < -0.3 is 0 Å². The normalized spacial score (nSPS) is 1.50. The van der Waals surface area contributed by atoms with Gasteiger partial charge >= 0.3 is 0 Å². The van der Waals surface area contributed by atoms with E-state index in [-0.39, 0.29) is 78.2 Å². The molecule has 0 amide bonds. The van der Waals surface area contributed by atoms with Gasteiger partial charge in [-0.2, -0.15) is 0 Å². The van der Waals surface area contributed by atoms with Gasteiger partial charge in [-0.05, 0) is 0 Å². The van der Waals surface area contributed by atoms with E-state index in [1.165, 1.54) is 0 Å². The predicted molar refractivity (Wildman–Crippen MR) is 29.4 cm³/mol. The molecule has 0 nitrogen and oxygen atoms in total. The summed E-state index contributed by atoms with van der Waals surface area (Å²) in [6, 6.07) is 0. The largest absolute Gasteiger partial charge is 0.0776 e. The van der Waals surface area contributed by atoms with Crippen molar-refractivity contribution in [2.45, 2.75) is 35.1 Å². The van der Waals surface area contributed by atoms with Gasteiger partial charge in [-0.15, -0.1) is 0 Å². The summed E-state index contributed by atoms with van der Waals surface area (Å²) < 4.78 is 0. The zero-order chi connectivity index (χ0) is 4.00. The average Bonchev–Trinajstić information content (AvgIpc) is 1.50. The Bertz CT molecular complexity index is 12.4. The van der Waals surface area contributed by atoms with E-state index < -0.39 is 0 Å². The topological polar surface area (TPSA) is 0 Å². The molecule has 51 valence electrons. The molecule has 0 aromatic heterocycles. The van der Waals surface area contributed by atoms with E-state index in [2.05, 4.69) is 0 Å². The molecule has 0 heterocycles. The van der Waals surface area contributed by atoms with E-state index in [0.29, 0.717) is 0 Å². The first-order valence-electron chi connectivity index (χ1n) is 2.00. The summed E-state index contributed by atoms with van der Waals surface area (Å²) in [5.74, 6) is 0. The molecule has 0 saturated carbocycles. The van der Waals surface area contributed by atoms with Crippen molar-refractivity contribution in [3.63, 3.8) is 0 Å². The first-order valence-corrected chi connectivity index (χ1v) is 2.00. The van der Waals surface area contributed by atoms with Crippen molar-refractivity contribution >= 4 is 0 Å². The molecule has 0 saturated heterocycles. The molecular formula is C5H16UVW. The molecule has 8 heavy (non-hydrogen) atoms. The minimum Gasteiger partial charge on any atom is -0.0776 e. The predicted octanol–water partition coefficient (Wildman–Crippen LogP) is 2.68. The molecule has 0 bridgehead atoms. The molecule has 0 spiro atoms. The van der Waals surface area contributed by atoms with Crippen LogP contribution in [0.5, 0.6) is 0 Å². The molecule has 0 aliphatic heterocycles. The summed E-state index contributed by atoms with van der Waals surface area (Å²) in [5.41, 5.74) is 0. The van der Waals surface area contributed by atoms with E-state index in [0.717, 1.165) is 0 Å².